The fourth-order valence-electron chi connectivity index (χ4n) is 1.54. The Bertz CT molecular complexity index is 474. The molecule has 1 aromatic carbocycles. The van der Waals surface area contributed by atoms with E-state index < -0.39 is 10.8 Å². The zero-order valence-corrected chi connectivity index (χ0v) is 9.53. The van der Waals surface area contributed by atoms with Gasteiger partial charge in [0.05, 0.1) is 16.0 Å². The van der Waals surface area contributed by atoms with Crippen LogP contribution >= 0.6 is 11.6 Å². The highest BCUT2D eigenvalue weighted by Crippen LogP contribution is 2.26. The predicted octanol–water partition coefficient (Wildman–Crippen LogP) is 0.950. The fraction of sp³-hybridized carbons (Fsp3) is 0.300. The van der Waals surface area contributed by atoms with Gasteiger partial charge in [0, 0.05) is 19.2 Å². The van der Waals surface area contributed by atoms with Crippen LogP contribution in [0.25, 0.3) is 0 Å². The summed E-state index contributed by atoms with van der Waals surface area (Å²) in [4.78, 5) is 22.1. The fourth-order valence-corrected chi connectivity index (χ4v) is 1.79. The molecular formula is C10H10ClN3O3. The van der Waals surface area contributed by atoms with Crippen LogP contribution in [0.1, 0.15) is 10.4 Å². The second-order valence-corrected chi connectivity index (χ2v) is 4.13. The number of carbonyl (C=O) groups excluding carboxylic acids is 1. The number of hydrogen-bond donors (Lipinski definition) is 2. The van der Waals surface area contributed by atoms with Gasteiger partial charge in [0.25, 0.3) is 11.6 Å². The van der Waals surface area contributed by atoms with Crippen molar-refractivity contribution in [3.8, 4) is 0 Å². The summed E-state index contributed by atoms with van der Waals surface area (Å²) < 4.78 is 0. The topological polar surface area (TPSA) is 84.3 Å². The van der Waals surface area contributed by atoms with Gasteiger partial charge in [0.1, 0.15) is 5.56 Å². The zero-order valence-electron chi connectivity index (χ0n) is 8.77. The Kier molecular flexibility index (Phi) is 3.26. The molecule has 1 aromatic rings. The van der Waals surface area contributed by atoms with E-state index in [4.69, 9.17) is 11.6 Å². The van der Waals surface area contributed by atoms with E-state index in [-0.39, 0.29) is 22.3 Å². The zero-order chi connectivity index (χ0) is 12.4. The molecule has 90 valence electrons. The maximum atomic E-state index is 11.9. The molecule has 2 rings (SSSR count). The van der Waals surface area contributed by atoms with Gasteiger partial charge in [-0.1, -0.05) is 17.7 Å². The lowest BCUT2D eigenvalue weighted by molar-refractivity contribution is -0.385. The van der Waals surface area contributed by atoms with Crippen molar-refractivity contribution >= 4 is 23.2 Å². The van der Waals surface area contributed by atoms with Gasteiger partial charge in [-0.2, -0.15) is 0 Å². The molecule has 0 spiro atoms. The molecule has 1 aliphatic heterocycles. The average molecular weight is 256 g/mol. The smallest absolute Gasteiger partial charge is 0.283 e. The van der Waals surface area contributed by atoms with Crippen LogP contribution in [0.5, 0.6) is 0 Å². The molecule has 0 aliphatic carbocycles. The Labute approximate surface area is 102 Å². The summed E-state index contributed by atoms with van der Waals surface area (Å²) in [5.41, 5.74) is -0.353. The molecular weight excluding hydrogens is 246 g/mol. The molecule has 1 aliphatic rings. The normalized spacial score (nSPS) is 15.1. The van der Waals surface area contributed by atoms with E-state index in [1.165, 1.54) is 18.2 Å². The largest absolute Gasteiger partial charge is 0.346 e. The van der Waals surface area contributed by atoms with Crippen LogP contribution in [0.15, 0.2) is 18.2 Å². The highest BCUT2D eigenvalue weighted by molar-refractivity contribution is 6.34. The van der Waals surface area contributed by atoms with Crippen LogP contribution in [-0.2, 0) is 0 Å². The van der Waals surface area contributed by atoms with Crippen molar-refractivity contribution in [2.24, 2.45) is 0 Å². The number of halogens is 1. The lowest BCUT2D eigenvalue weighted by Crippen LogP contribution is -2.57. The van der Waals surface area contributed by atoms with Gasteiger partial charge in [-0.15, -0.1) is 0 Å². The number of nitro groups is 1. The van der Waals surface area contributed by atoms with Crippen LogP contribution in [-0.4, -0.2) is 30.0 Å². The minimum Gasteiger partial charge on any atom is -0.346 e. The summed E-state index contributed by atoms with van der Waals surface area (Å²) in [5.74, 6) is -0.506. The van der Waals surface area contributed by atoms with Gasteiger partial charge in [-0.05, 0) is 6.07 Å². The first kappa shape index (κ1) is 11.8. The molecule has 0 saturated carbocycles. The minimum atomic E-state index is -0.611. The monoisotopic (exact) mass is 255 g/mol. The number of nitrogens with zero attached hydrogens (tertiary/aromatic N) is 1. The van der Waals surface area contributed by atoms with Gasteiger partial charge in [-0.25, -0.2) is 0 Å². The molecule has 0 unspecified atom stereocenters. The molecule has 0 atom stereocenters. The molecule has 0 aromatic heterocycles. The van der Waals surface area contributed by atoms with Crippen molar-refractivity contribution in [1.29, 1.82) is 0 Å². The summed E-state index contributed by atoms with van der Waals surface area (Å²) in [7, 11) is 0. The molecule has 17 heavy (non-hydrogen) atoms. The Morgan fingerprint density at radius 3 is 2.76 bits per heavy atom. The first-order chi connectivity index (χ1) is 8.09. The molecule has 1 fully saturated rings. The molecule has 0 radical (unpaired) electrons. The predicted molar refractivity (Wildman–Crippen MR) is 62.2 cm³/mol. The lowest BCUT2D eigenvalue weighted by atomic mass is 10.1. The molecule has 6 nitrogen and oxygen atoms in total. The van der Waals surface area contributed by atoms with Crippen molar-refractivity contribution in [3.63, 3.8) is 0 Å². The Balaban J connectivity index is 2.28. The molecule has 1 saturated heterocycles. The summed E-state index contributed by atoms with van der Waals surface area (Å²) in [6.07, 6.45) is 0. The second kappa shape index (κ2) is 4.68. The Morgan fingerprint density at radius 2 is 2.24 bits per heavy atom. The van der Waals surface area contributed by atoms with E-state index in [0.29, 0.717) is 13.1 Å². The van der Waals surface area contributed by atoms with Crippen LogP contribution < -0.4 is 10.6 Å². The third-order valence-electron chi connectivity index (χ3n) is 2.53. The highest BCUT2D eigenvalue weighted by Gasteiger charge is 2.26. The maximum Gasteiger partial charge on any atom is 0.283 e. The molecule has 7 heteroatoms. The number of carbonyl (C=O) groups is 1. The summed E-state index contributed by atoms with van der Waals surface area (Å²) in [5, 5.41) is 16.6. The summed E-state index contributed by atoms with van der Waals surface area (Å²) in [6.45, 7) is 1.34. The standard InChI is InChI=1S/C10H10ClN3O3/c11-7-2-1-3-8(14(16)17)9(7)10(15)13-6-4-12-5-6/h1-3,6,12H,4-5H2,(H,13,15). The molecule has 2 N–H and O–H groups in total. The van der Waals surface area contributed by atoms with Crippen LogP contribution in [0, 0.1) is 10.1 Å². The molecule has 1 amide bonds. The number of nitrogens with one attached hydrogen (secondary N) is 2. The Morgan fingerprint density at radius 1 is 1.53 bits per heavy atom. The number of nitro benzene ring substituents is 1. The molecule has 0 bridgehead atoms. The molecule has 1 heterocycles. The van der Waals surface area contributed by atoms with Gasteiger partial charge in [-0.3, -0.25) is 14.9 Å². The van der Waals surface area contributed by atoms with Gasteiger partial charge in [0.15, 0.2) is 0 Å². The summed E-state index contributed by atoms with van der Waals surface area (Å²) >= 11 is 5.83. The van der Waals surface area contributed by atoms with Crippen LogP contribution in [0.4, 0.5) is 5.69 Å². The summed E-state index contributed by atoms with van der Waals surface area (Å²) in [6, 6.07) is 4.18. The van der Waals surface area contributed by atoms with Crippen molar-refractivity contribution in [2.75, 3.05) is 13.1 Å². The van der Waals surface area contributed by atoms with Gasteiger partial charge < -0.3 is 10.6 Å². The van der Waals surface area contributed by atoms with E-state index in [1.54, 1.807) is 0 Å². The van der Waals surface area contributed by atoms with Gasteiger partial charge in [0.2, 0.25) is 0 Å². The quantitative estimate of drug-likeness (QED) is 0.622. The van der Waals surface area contributed by atoms with Crippen molar-refractivity contribution in [1.82, 2.24) is 10.6 Å². The minimum absolute atomic E-state index is 0.0124. The lowest BCUT2D eigenvalue weighted by Gasteiger charge is -2.27. The second-order valence-electron chi connectivity index (χ2n) is 3.72. The van der Waals surface area contributed by atoms with Crippen LogP contribution in [0.3, 0.4) is 0 Å². The third kappa shape index (κ3) is 2.37. The van der Waals surface area contributed by atoms with Gasteiger partial charge >= 0.3 is 0 Å². The van der Waals surface area contributed by atoms with E-state index in [9.17, 15) is 14.9 Å². The van der Waals surface area contributed by atoms with E-state index in [2.05, 4.69) is 10.6 Å². The first-order valence-electron chi connectivity index (χ1n) is 5.04. The Hall–Kier alpha value is -1.66. The van der Waals surface area contributed by atoms with Crippen LogP contribution in [0.2, 0.25) is 5.02 Å². The highest BCUT2D eigenvalue weighted by atomic mass is 35.5. The number of rotatable bonds is 3. The van der Waals surface area contributed by atoms with Crippen molar-refractivity contribution in [3.05, 3.63) is 38.9 Å². The maximum absolute atomic E-state index is 11.9. The first-order valence-corrected chi connectivity index (χ1v) is 5.42. The SMILES string of the molecule is O=C(NC1CNC1)c1c(Cl)cccc1[N+](=O)[O-]. The number of amides is 1. The average Bonchev–Trinajstić information content (AvgIpc) is 2.22. The third-order valence-corrected chi connectivity index (χ3v) is 2.85. The van der Waals surface area contributed by atoms with Crippen molar-refractivity contribution in [2.45, 2.75) is 6.04 Å². The van der Waals surface area contributed by atoms with E-state index in [1.807, 2.05) is 0 Å². The number of hydrogen-bond acceptors (Lipinski definition) is 4. The van der Waals surface area contributed by atoms with Crippen molar-refractivity contribution < 1.29 is 9.72 Å². The number of benzene rings is 1. The van der Waals surface area contributed by atoms with E-state index in [0.717, 1.165) is 0 Å². The van der Waals surface area contributed by atoms with E-state index >= 15 is 0 Å².